The number of ether oxygens (including phenoxy) is 1. The van der Waals surface area contributed by atoms with Crippen LogP contribution in [0.25, 0.3) is 10.9 Å². The predicted molar refractivity (Wildman–Crippen MR) is 60.9 cm³/mol. The van der Waals surface area contributed by atoms with Gasteiger partial charge in [0.2, 0.25) is 6.29 Å². The van der Waals surface area contributed by atoms with Crippen LogP contribution in [0.15, 0.2) is 23.0 Å². The van der Waals surface area contributed by atoms with Gasteiger partial charge in [-0.15, -0.1) is 0 Å². The molecule has 2 rings (SSSR count). The molecule has 0 aliphatic rings. The monoisotopic (exact) mass is 250 g/mol. The molecule has 1 heterocycles. The summed E-state index contributed by atoms with van der Waals surface area (Å²) >= 11 is 0. The number of aromatic nitrogens is 2. The van der Waals surface area contributed by atoms with Gasteiger partial charge in [0.1, 0.15) is 0 Å². The Hall–Kier alpha value is -2.25. The zero-order valence-electron chi connectivity index (χ0n) is 9.38. The summed E-state index contributed by atoms with van der Waals surface area (Å²) in [5.74, 6) is -0.848. The number of benzene rings is 1. The molecule has 1 aromatic heterocycles. The van der Waals surface area contributed by atoms with Crippen molar-refractivity contribution < 1.29 is 19.7 Å². The van der Waals surface area contributed by atoms with Crippen molar-refractivity contribution in [2.75, 3.05) is 7.11 Å². The molecular weight excluding hydrogens is 240 g/mol. The molecule has 2 aromatic rings. The number of nitrogens with zero attached hydrogens (tertiary/aromatic N) is 1. The Balaban J connectivity index is 2.68. The Labute approximate surface area is 101 Å². The van der Waals surface area contributed by atoms with Crippen molar-refractivity contribution in [3.05, 3.63) is 39.9 Å². The number of aliphatic hydroxyl groups is 2. The van der Waals surface area contributed by atoms with Crippen molar-refractivity contribution >= 4 is 16.9 Å². The van der Waals surface area contributed by atoms with Crippen LogP contribution >= 0.6 is 0 Å². The standard InChI is InChI=1S/C11H10N2O5/c1-18-11(17)5-2-3-6-7(4-5)12-8(10(15)16)13-9(6)14/h2-4,10,15-16H,1H3,(H,12,13,14). The number of fused-ring (bicyclic) bond motifs is 1. The highest BCUT2D eigenvalue weighted by Gasteiger charge is 2.12. The fourth-order valence-corrected chi connectivity index (χ4v) is 1.52. The van der Waals surface area contributed by atoms with E-state index in [4.69, 9.17) is 10.2 Å². The second-order valence-corrected chi connectivity index (χ2v) is 3.55. The number of hydrogen-bond donors (Lipinski definition) is 3. The zero-order chi connectivity index (χ0) is 13.3. The van der Waals surface area contributed by atoms with Crippen LogP contribution in [-0.2, 0) is 4.74 Å². The third-order valence-electron chi connectivity index (χ3n) is 2.39. The van der Waals surface area contributed by atoms with E-state index >= 15 is 0 Å². The molecule has 0 amide bonds. The average molecular weight is 250 g/mol. The maximum atomic E-state index is 11.6. The molecule has 0 spiro atoms. The van der Waals surface area contributed by atoms with Gasteiger partial charge in [0.25, 0.3) is 5.56 Å². The number of rotatable bonds is 2. The Morgan fingerprint density at radius 3 is 2.78 bits per heavy atom. The first-order valence-electron chi connectivity index (χ1n) is 5.01. The average Bonchev–Trinajstić information content (AvgIpc) is 2.36. The van der Waals surface area contributed by atoms with E-state index < -0.39 is 17.8 Å². The second-order valence-electron chi connectivity index (χ2n) is 3.55. The van der Waals surface area contributed by atoms with E-state index in [0.717, 1.165) is 0 Å². The van der Waals surface area contributed by atoms with Gasteiger partial charge in [-0.05, 0) is 18.2 Å². The normalized spacial score (nSPS) is 10.9. The molecule has 94 valence electrons. The minimum atomic E-state index is -1.89. The van der Waals surface area contributed by atoms with Crippen LogP contribution in [-0.4, -0.2) is 33.3 Å². The lowest BCUT2D eigenvalue weighted by molar-refractivity contribution is -0.0493. The maximum absolute atomic E-state index is 11.6. The Morgan fingerprint density at radius 1 is 1.44 bits per heavy atom. The summed E-state index contributed by atoms with van der Waals surface area (Å²) in [6.07, 6.45) is -1.89. The second kappa shape index (κ2) is 4.55. The summed E-state index contributed by atoms with van der Waals surface area (Å²) in [6, 6.07) is 4.20. The highest BCUT2D eigenvalue weighted by atomic mass is 16.5. The van der Waals surface area contributed by atoms with E-state index in [-0.39, 0.29) is 22.3 Å². The SMILES string of the molecule is COC(=O)c1ccc2c(=O)[nH]c(C(O)O)nc2c1. The molecule has 0 aliphatic carbocycles. The summed E-state index contributed by atoms with van der Waals surface area (Å²) in [6.45, 7) is 0. The number of aromatic amines is 1. The van der Waals surface area contributed by atoms with Gasteiger partial charge in [0.15, 0.2) is 5.82 Å². The van der Waals surface area contributed by atoms with Crippen molar-refractivity contribution in [2.45, 2.75) is 6.29 Å². The molecule has 0 unspecified atom stereocenters. The molecule has 0 atom stereocenters. The highest BCUT2D eigenvalue weighted by Crippen LogP contribution is 2.13. The topological polar surface area (TPSA) is 113 Å². The summed E-state index contributed by atoms with van der Waals surface area (Å²) < 4.78 is 4.54. The van der Waals surface area contributed by atoms with E-state index in [1.165, 1.54) is 25.3 Å². The van der Waals surface area contributed by atoms with Crippen molar-refractivity contribution in [1.82, 2.24) is 9.97 Å². The van der Waals surface area contributed by atoms with Crippen molar-refractivity contribution in [2.24, 2.45) is 0 Å². The summed E-state index contributed by atoms with van der Waals surface area (Å²) in [5, 5.41) is 18.2. The van der Waals surface area contributed by atoms with Gasteiger partial charge in [-0.1, -0.05) is 0 Å². The Kier molecular flexibility index (Phi) is 3.09. The number of hydrogen-bond acceptors (Lipinski definition) is 6. The molecule has 0 bridgehead atoms. The first-order chi connectivity index (χ1) is 8.52. The van der Waals surface area contributed by atoms with Gasteiger partial charge in [-0.25, -0.2) is 9.78 Å². The lowest BCUT2D eigenvalue weighted by Gasteiger charge is -2.05. The van der Waals surface area contributed by atoms with Gasteiger partial charge >= 0.3 is 5.97 Å². The molecule has 7 nitrogen and oxygen atoms in total. The molecule has 1 aromatic carbocycles. The molecule has 0 saturated carbocycles. The first kappa shape index (κ1) is 12.2. The van der Waals surface area contributed by atoms with Crippen molar-refractivity contribution in [3.8, 4) is 0 Å². The van der Waals surface area contributed by atoms with Crippen LogP contribution in [0.3, 0.4) is 0 Å². The van der Waals surface area contributed by atoms with Crippen LogP contribution < -0.4 is 5.56 Å². The Bertz CT molecular complexity index is 662. The van der Waals surface area contributed by atoms with Crippen LogP contribution in [0.1, 0.15) is 22.5 Å². The minimum absolute atomic E-state index is 0.185. The van der Waals surface area contributed by atoms with Crippen LogP contribution in [0.4, 0.5) is 0 Å². The third kappa shape index (κ3) is 2.08. The van der Waals surface area contributed by atoms with E-state index in [9.17, 15) is 9.59 Å². The van der Waals surface area contributed by atoms with Gasteiger partial charge in [0.05, 0.1) is 23.6 Å². The number of aliphatic hydroxyl groups excluding tert-OH is 1. The quantitative estimate of drug-likeness (QED) is 0.498. The van der Waals surface area contributed by atoms with Crippen LogP contribution in [0.5, 0.6) is 0 Å². The minimum Gasteiger partial charge on any atom is -0.465 e. The fraction of sp³-hybridized carbons (Fsp3) is 0.182. The Morgan fingerprint density at radius 2 is 2.17 bits per heavy atom. The maximum Gasteiger partial charge on any atom is 0.337 e. The molecule has 0 aliphatic heterocycles. The van der Waals surface area contributed by atoms with Gasteiger partial charge in [0, 0.05) is 0 Å². The molecule has 0 radical (unpaired) electrons. The number of nitrogens with one attached hydrogen (secondary N) is 1. The zero-order valence-corrected chi connectivity index (χ0v) is 9.38. The first-order valence-corrected chi connectivity index (χ1v) is 5.01. The van der Waals surface area contributed by atoms with E-state index in [2.05, 4.69) is 14.7 Å². The number of carbonyl (C=O) groups is 1. The number of carbonyl (C=O) groups excluding carboxylic acids is 1. The number of esters is 1. The van der Waals surface area contributed by atoms with Crippen LogP contribution in [0.2, 0.25) is 0 Å². The summed E-state index contributed by atoms with van der Waals surface area (Å²) in [5.41, 5.74) is -0.106. The number of methoxy groups -OCH3 is 1. The van der Waals surface area contributed by atoms with Crippen LogP contribution in [0, 0.1) is 0 Å². The fourth-order valence-electron chi connectivity index (χ4n) is 1.52. The third-order valence-corrected chi connectivity index (χ3v) is 2.39. The molecule has 3 N–H and O–H groups in total. The summed E-state index contributed by atoms with van der Waals surface area (Å²) in [4.78, 5) is 29.0. The van der Waals surface area contributed by atoms with Crippen molar-refractivity contribution in [3.63, 3.8) is 0 Å². The lowest BCUT2D eigenvalue weighted by atomic mass is 10.1. The number of H-pyrrole nitrogens is 1. The highest BCUT2D eigenvalue weighted by molar-refractivity contribution is 5.93. The van der Waals surface area contributed by atoms with Gasteiger partial charge < -0.3 is 19.9 Å². The van der Waals surface area contributed by atoms with Crippen molar-refractivity contribution in [1.29, 1.82) is 0 Å². The molecule has 0 fully saturated rings. The van der Waals surface area contributed by atoms with Gasteiger partial charge in [-0.2, -0.15) is 0 Å². The smallest absolute Gasteiger partial charge is 0.337 e. The molecular formula is C11H10N2O5. The molecule has 0 saturated heterocycles. The van der Waals surface area contributed by atoms with E-state index in [1.807, 2.05) is 0 Å². The summed E-state index contributed by atoms with van der Waals surface area (Å²) in [7, 11) is 1.24. The van der Waals surface area contributed by atoms with E-state index in [1.54, 1.807) is 0 Å². The predicted octanol–water partition coefficient (Wildman–Crippen LogP) is -0.307. The van der Waals surface area contributed by atoms with Gasteiger partial charge in [-0.3, -0.25) is 4.79 Å². The van der Waals surface area contributed by atoms with E-state index in [0.29, 0.717) is 0 Å². The largest absolute Gasteiger partial charge is 0.465 e. The molecule has 18 heavy (non-hydrogen) atoms. The lowest BCUT2D eigenvalue weighted by Crippen LogP contribution is -2.15. The molecule has 7 heteroatoms.